The Balaban J connectivity index is 1.67. The molecule has 1 aromatic rings. The Morgan fingerprint density at radius 1 is 1.25 bits per heavy atom. The minimum Gasteiger partial charge on any atom is -0.394 e. The molecule has 0 aromatic heterocycles. The average molecular weight is 332 g/mol. The fourth-order valence-electron chi connectivity index (χ4n) is 3.31. The van der Waals surface area contributed by atoms with Crippen molar-refractivity contribution in [3.8, 4) is 0 Å². The normalized spacial score (nSPS) is 21.2. The number of aliphatic hydroxyl groups excluding tert-OH is 1. The Morgan fingerprint density at radius 2 is 1.92 bits per heavy atom. The fourth-order valence-corrected chi connectivity index (χ4v) is 3.31. The first-order chi connectivity index (χ1) is 11.5. The molecule has 2 amide bonds. The summed E-state index contributed by atoms with van der Waals surface area (Å²) in [4.78, 5) is 17.1. The predicted molar refractivity (Wildman–Crippen MR) is 96.5 cm³/mol. The quantitative estimate of drug-likeness (QED) is 0.768. The second-order valence-electron chi connectivity index (χ2n) is 7.24. The summed E-state index contributed by atoms with van der Waals surface area (Å²) in [5.74, 6) is 0.376. The van der Waals surface area contributed by atoms with Crippen molar-refractivity contribution in [2.24, 2.45) is 5.92 Å². The smallest absolute Gasteiger partial charge is 0.319 e. The predicted octanol–water partition coefficient (Wildman–Crippen LogP) is 1.72. The zero-order chi connectivity index (χ0) is 17.2. The largest absolute Gasteiger partial charge is 0.394 e. The monoisotopic (exact) mass is 332 g/mol. The van der Waals surface area contributed by atoms with E-state index in [1.165, 1.54) is 0 Å². The van der Waals surface area contributed by atoms with Gasteiger partial charge >= 0.3 is 6.03 Å². The number of nitrogens with one attached hydrogen (secondary N) is 2. The zero-order valence-corrected chi connectivity index (χ0v) is 14.6. The lowest BCUT2D eigenvalue weighted by atomic mass is 9.97. The molecule has 2 fully saturated rings. The van der Waals surface area contributed by atoms with Gasteiger partial charge in [-0.2, -0.15) is 0 Å². The highest BCUT2D eigenvalue weighted by Crippen LogP contribution is 2.39. The van der Waals surface area contributed by atoms with E-state index in [1.54, 1.807) is 0 Å². The van der Waals surface area contributed by atoms with Crippen LogP contribution in [0.3, 0.4) is 0 Å². The van der Waals surface area contributed by atoms with Crippen molar-refractivity contribution in [2.45, 2.75) is 25.3 Å². The van der Waals surface area contributed by atoms with Crippen molar-refractivity contribution in [1.29, 1.82) is 0 Å². The van der Waals surface area contributed by atoms with Gasteiger partial charge in [0.1, 0.15) is 0 Å². The minimum atomic E-state index is -0.535. The minimum absolute atomic E-state index is 0.0365. The van der Waals surface area contributed by atoms with Crippen LogP contribution in [-0.2, 0) is 0 Å². The van der Waals surface area contributed by atoms with E-state index < -0.39 is 5.54 Å². The van der Waals surface area contributed by atoms with Crippen molar-refractivity contribution in [2.75, 3.05) is 50.1 Å². The van der Waals surface area contributed by atoms with Crippen LogP contribution in [0.15, 0.2) is 24.3 Å². The number of carbonyl (C=O) groups is 1. The van der Waals surface area contributed by atoms with E-state index >= 15 is 0 Å². The number of hydrogen-bond acceptors (Lipinski definition) is 4. The summed E-state index contributed by atoms with van der Waals surface area (Å²) in [5.41, 5.74) is 1.33. The van der Waals surface area contributed by atoms with Gasteiger partial charge in [-0.1, -0.05) is 12.1 Å². The molecule has 1 aliphatic carbocycles. The van der Waals surface area contributed by atoms with Crippen LogP contribution in [0, 0.1) is 5.92 Å². The number of piperazine rings is 1. The number of rotatable bonds is 5. The van der Waals surface area contributed by atoms with E-state index in [-0.39, 0.29) is 12.6 Å². The fraction of sp³-hybridized carbons (Fsp3) is 0.611. The summed E-state index contributed by atoms with van der Waals surface area (Å²) >= 11 is 0. The van der Waals surface area contributed by atoms with E-state index in [0.717, 1.165) is 50.4 Å². The third-order valence-electron chi connectivity index (χ3n) is 5.20. The van der Waals surface area contributed by atoms with Gasteiger partial charge in [0.25, 0.3) is 0 Å². The lowest BCUT2D eigenvalue weighted by Gasteiger charge is -2.35. The van der Waals surface area contributed by atoms with Crippen LogP contribution in [0.5, 0.6) is 0 Å². The molecule has 132 valence electrons. The lowest BCUT2D eigenvalue weighted by molar-refractivity contribution is 0.159. The molecule has 0 bridgehead atoms. The summed E-state index contributed by atoms with van der Waals surface area (Å²) in [7, 11) is 2.13. The molecule has 1 aliphatic heterocycles. The van der Waals surface area contributed by atoms with Crippen LogP contribution in [-0.4, -0.2) is 61.4 Å². The molecule has 1 aromatic carbocycles. The first-order valence-electron chi connectivity index (χ1n) is 8.74. The highest BCUT2D eigenvalue weighted by atomic mass is 16.3. The summed E-state index contributed by atoms with van der Waals surface area (Å²) in [5, 5.41) is 15.6. The maximum atomic E-state index is 12.4. The molecule has 0 radical (unpaired) electrons. The van der Waals surface area contributed by atoms with E-state index in [4.69, 9.17) is 0 Å². The van der Waals surface area contributed by atoms with Crippen LogP contribution in [0.4, 0.5) is 16.2 Å². The van der Waals surface area contributed by atoms with Crippen molar-refractivity contribution < 1.29 is 9.90 Å². The molecule has 0 spiro atoms. The molecule has 1 saturated carbocycles. The number of urea groups is 1. The van der Waals surface area contributed by atoms with E-state index in [0.29, 0.717) is 5.92 Å². The average Bonchev–Trinajstić information content (AvgIpc) is 3.41. The molecule has 2 aliphatic rings. The number of nitrogens with zero attached hydrogens (tertiary/aromatic N) is 2. The first-order valence-corrected chi connectivity index (χ1v) is 8.74. The summed E-state index contributed by atoms with van der Waals surface area (Å²) in [6.07, 6.45) is 2.13. The SMILES string of the molecule is CN1CCN(c2ccccc2NC(=O)NC(C)(CO)C2CC2)CC1. The molecule has 6 heteroatoms. The third-order valence-corrected chi connectivity index (χ3v) is 5.20. The topological polar surface area (TPSA) is 67.8 Å². The van der Waals surface area contributed by atoms with Gasteiger partial charge in [0.2, 0.25) is 0 Å². The van der Waals surface area contributed by atoms with Gasteiger partial charge in [-0.05, 0) is 44.9 Å². The summed E-state index contributed by atoms with van der Waals surface area (Å²) in [6.45, 7) is 5.82. The molecule has 1 saturated heterocycles. The molecule has 3 N–H and O–H groups in total. The Morgan fingerprint density at radius 3 is 2.54 bits per heavy atom. The van der Waals surface area contributed by atoms with E-state index in [1.807, 2.05) is 31.2 Å². The number of likely N-dealkylation sites (N-methyl/N-ethyl adjacent to an activating group) is 1. The Bertz CT molecular complexity index is 582. The van der Waals surface area contributed by atoms with Crippen LogP contribution in [0.1, 0.15) is 19.8 Å². The molecule has 24 heavy (non-hydrogen) atoms. The maximum Gasteiger partial charge on any atom is 0.319 e. The Kier molecular flexibility index (Phi) is 4.96. The second-order valence-corrected chi connectivity index (χ2v) is 7.24. The first kappa shape index (κ1) is 17.0. The van der Waals surface area contributed by atoms with Gasteiger partial charge in [-0.15, -0.1) is 0 Å². The third kappa shape index (κ3) is 3.82. The summed E-state index contributed by atoms with van der Waals surface area (Å²) < 4.78 is 0. The highest BCUT2D eigenvalue weighted by Gasteiger charge is 2.42. The van der Waals surface area contributed by atoms with Crippen LogP contribution in [0.2, 0.25) is 0 Å². The number of benzene rings is 1. The van der Waals surface area contributed by atoms with Crippen molar-refractivity contribution >= 4 is 17.4 Å². The van der Waals surface area contributed by atoms with Gasteiger partial charge in [0.05, 0.1) is 23.5 Å². The van der Waals surface area contributed by atoms with Crippen molar-refractivity contribution in [3.05, 3.63) is 24.3 Å². The highest BCUT2D eigenvalue weighted by molar-refractivity contribution is 5.93. The number of anilines is 2. The van der Waals surface area contributed by atoms with Crippen LogP contribution >= 0.6 is 0 Å². The number of hydrogen-bond donors (Lipinski definition) is 3. The number of para-hydroxylation sites is 2. The number of aliphatic hydroxyl groups is 1. The standard InChI is InChI=1S/C18H28N4O2/c1-18(13-23,14-7-8-14)20-17(24)19-15-5-3-4-6-16(15)22-11-9-21(2)10-12-22/h3-6,14,23H,7-13H2,1-2H3,(H2,19,20,24). The number of amides is 2. The zero-order valence-electron chi connectivity index (χ0n) is 14.6. The molecule has 3 rings (SSSR count). The molecule has 1 unspecified atom stereocenters. The molecular weight excluding hydrogens is 304 g/mol. The van der Waals surface area contributed by atoms with Gasteiger partial charge < -0.3 is 25.5 Å². The van der Waals surface area contributed by atoms with Crippen molar-refractivity contribution in [1.82, 2.24) is 10.2 Å². The van der Waals surface area contributed by atoms with Crippen LogP contribution < -0.4 is 15.5 Å². The second kappa shape index (κ2) is 6.99. The van der Waals surface area contributed by atoms with Crippen molar-refractivity contribution in [3.63, 3.8) is 0 Å². The van der Waals surface area contributed by atoms with Gasteiger partial charge in [0, 0.05) is 26.2 Å². The molecule has 6 nitrogen and oxygen atoms in total. The van der Waals surface area contributed by atoms with Gasteiger partial charge in [-0.3, -0.25) is 0 Å². The van der Waals surface area contributed by atoms with Crippen LogP contribution in [0.25, 0.3) is 0 Å². The van der Waals surface area contributed by atoms with Gasteiger partial charge in [-0.25, -0.2) is 4.79 Å². The maximum absolute atomic E-state index is 12.4. The lowest BCUT2D eigenvalue weighted by Crippen LogP contribution is -2.52. The number of carbonyl (C=O) groups excluding carboxylic acids is 1. The van der Waals surface area contributed by atoms with E-state index in [2.05, 4.69) is 27.5 Å². The molecular formula is C18H28N4O2. The molecule has 1 heterocycles. The summed E-state index contributed by atoms with van der Waals surface area (Å²) in [6, 6.07) is 7.66. The Hall–Kier alpha value is -1.79. The van der Waals surface area contributed by atoms with E-state index in [9.17, 15) is 9.90 Å². The van der Waals surface area contributed by atoms with Gasteiger partial charge in [0.15, 0.2) is 0 Å². The Labute approximate surface area is 143 Å². The molecule has 1 atom stereocenters.